The number of hydrogen-bond acceptors (Lipinski definition) is 6. The molecular formula is C23H19N3O3S2. The highest BCUT2D eigenvalue weighted by atomic mass is 32.1. The van der Waals surface area contributed by atoms with E-state index in [4.69, 9.17) is 4.74 Å². The summed E-state index contributed by atoms with van der Waals surface area (Å²) in [5, 5.41) is 9.89. The van der Waals surface area contributed by atoms with Gasteiger partial charge in [-0.15, -0.1) is 22.7 Å². The van der Waals surface area contributed by atoms with Gasteiger partial charge in [0.05, 0.1) is 10.6 Å². The zero-order chi connectivity index (χ0) is 21.5. The Balaban J connectivity index is 1.24. The number of benzene rings is 2. The van der Waals surface area contributed by atoms with Gasteiger partial charge in [-0.25, -0.2) is 4.98 Å². The molecule has 0 unspecified atom stereocenters. The van der Waals surface area contributed by atoms with E-state index in [0.29, 0.717) is 34.3 Å². The normalized spacial score (nSPS) is 10.5. The molecule has 2 heterocycles. The second kappa shape index (κ2) is 10.0. The van der Waals surface area contributed by atoms with Crippen LogP contribution in [0.5, 0.6) is 11.5 Å². The maximum absolute atomic E-state index is 12.3. The zero-order valence-corrected chi connectivity index (χ0v) is 18.0. The summed E-state index contributed by atoms with van der Waals surface area (Å²) in [4.78, 5) is 29.4. The Morgan fingerprint density at radius 3 is 2.39 bits per heavy atom. The summed E-state index contributed by atoms with van der Waals surface area (Å²) in [5.74, 6) is 1.18. The maximum atomic E-state index is 12.3. The van der Waals surface area contributed by atoms with Crippen molar-refractivity contribution in [2.24, 2.45) is 0 Å². The third-order valence-electron chi connectivity index (χ3n) is 4.24. The molecule has 2 aromatic heterocycles. The molecule has 0 aliphatic heterocycles. The van der Waals surface area contributed by atoms with Crippen molar-refractivity contribution in [3.05, 3.63) is 88.1 Å². The van der Waals surface area contributed by atoms with Gasteiger partial charge in [-0.3, -0.25) is 14.9 Å². The van der Waals surface area contributed by atoms with Crippen LogP contribution >= 0.6 is 22.7 Å². The van der Waals surface area contributed by atoms with Gasteiger partial charge < -0.3 is 10.1 Å². The van der Waals surface area contributed by atoms with E-state index in [2.05, 4.69) is 15.6 Å². The molecule has 31 heavy (non-hydrogen) atoms. The average molecular weight is 450 g/mol. The highest BCUT2D eigenvalue weighted by Crippen LogP contribution is 2.23. The van der Waals surface area contributed by atoms with Crippen LogP contribution in [0.15, 0.2) is 77.5 Å². The number of thiophene rings is 1. The van der Waals surface area contributed by atoms with Crippen molar-refractivity contribution in [1.82, 2.24) is 4.98 Å². The molecule has 6 nitrogen and oxygen atoms in total. The monoisotopic (exact) mass is 449 g/mol. The lowest BCUT2D eigenvalue weighted by molar-refractivity contribution is -0.116. The van der Waals surface area contributed by atoms with Gasteiger partial charge in [0.25, 0.3) is 5.91 Å². The van der Waals surface area contributed by atoms with E-state index in [1.807, 2.05) is 59.3 Å². The molecule has 0 bridgehead atoms. The van der Waals surface area contributed by atoms with Gasteiger partial charge in [0.15, 0.2) is 5.13 Å². The summed E-state index contributed by atoms with van der Waals surface area (Å²) >= 11 is 2.73. The molecule has 2 N–H and O–H groups in total. The molecule has 4 aromatic rings. The lowest BCUT2D eigenvalue weighted by Gasteiger charge is -2.08. The number of nitrogens with one attached hydrogen (secondary N) is 2. The average Bonchev–Trinajstić information content (AvgIpc) is 3.47. The number of nitrogens with zero attached hydrogens (tertiary/aromatic N) is 1. The minimum absolute atomic E-state index is 0.103. The molecule has 0 fully saturated rings. The maximum Gasteiger partial charge on any atom is 0.267 e. The van der Waals surface area contributed by atoms with E-state index in [1.165, 1.54) is 22.7 Å². The van der Waals surface area contributed by atoms with Crippen molar-refractivity contribution in [2.75, 3.05) is 10.6 Å². The lowest BCUT2D eigenvalue weighted by atomic mass is 10.2. The van der Waals surface area contributed by atoms with Crippen LogP contribution in [0, 0.1) is 0 Å². The number of carbonyl (C=O) groups is 2. The Bertz CT molecular complexity index is 1140. The SMILES string of the molecule is O=C(CCc1csc(NC(=O)c2cccs2)n1)Nc1ccc(Oc2ccccc2)cc1. The van der Waals surface area contributed by atoms with E-state index >= 15 is 0 Å². The minimum atomic E-state index is -0.173. The second-order valence-corrected chi connectivity index (χ2v) is 8.37. The van der Waals surface area contributed by atoms with Crippen molar-refractivity contribution < 1.29 is 14.3 Å². The fraction of sp³-hybridized carbons (Fsp3) is 0.0870. The number of thiazole rings is 1. The summed E-state index contributed by atoms with van der Waals surface area (Å²) in [7, 11) is 0. The molecule has 8 heteroatoms. The van der Waals surface area contributed by atoms with Crippen molar-refractivity contribution in [2.45, 2.75) is 12.8 Å². The second-order valence-electron chi connectivity index (χ2n) is 6.56. The number of carbonyl (C=O) groups excluding carboxylic acids is 2. The van der Waals surface area contributed by atoms with Crippen LogP contribution < -0.4 is 15.4 Å². The Morgan fingerprint density at radius 1 is 0.871 bits per heavy atom. The molecule has 0 saturated heterocycles. The van der Waals surface area contributed by atoms with Crippen LogP contribution in [-0.2, 0) is 11.2 Å². The van der Waals surface area contributed by atoms with Crippen LogP contribution in [0.25, 0.3) is 0 Å². The van der Waals surface area contributed by atoms with E-state index in [-0.39, 0.29) is 11.8 Å². The number of aryl methyl sites for hydroxylation is 1. The minimum Gasteiger partial charge on any atom is -0.457 e. The molecule has 0 aliphatic carbocycles. The molecule has 2 aromatic carbocycles. The summed E-state index contributed by atoms with van der Waals surface area (Å²) in [5.41, 5.74) is 1.47. The summed E-state index contributed by atoms with van der Waals surface area (Å²) in [6, 6.07) is 20.3. The van der Waals surface area contributed by atoms with Crippen molar-refractivity contribution >= 4 is 45.3 Å². The smallest absolute Gasteiger partial charge is 0.267 e. The summed E-state index contributed by atoms with van der Waals surface area (Å²) in [6.45, 7) is 0. The first kappa shape index (κ1) is 20.8. The number of anilines is 2. The van der Waals surface area contributed by atoms with Gasteiger partial charge in [0, 0.05) is 17.5 Å². The largest absolute Gasteiger partial charge is 0.457 e. The van der Waals surface area contributed by atoms with Crippen LogP contribution in [-0.4, -0.2) is 16.8 Å². The Labute approximate surface area is 187 Å². The van der Waals surface area contributed by atoms with Gasteiger partial charge in [-0.1, -0.05) is 24.3 Å². The van der Waals surface area contributed by atoms with Crippen LogP contribution in [0.2, 0.25) is 0 Å². The molecule has 156 valence electrons. The van der Waals surface area contributed by atoms with Gasteiger partial charge in [-0.05, 0) is 54.3 Å². The molecule has 0 saturated carbocycles. The van der Waals surface area contributed by atoms with E-state index in [1.54, 1.807) is 18.2 Å². The van der Waals surface area contributed by atoms with Gasteiger partial charge in [0.1, 0.15) is 11.5 Å². The molecule has 0 spiro atoms. The van der Waals surface area contributed by atoms with Crippen molar-refractivity contribution in [3.8, 4) is 11.5 Å². The van der Waals surface area contributed by atoms with Crippen molar-refractivity contribution in [3.63, 3.8) is 0 Å². The third-order valence-corrected chi connectivity index (χ3v) is 5.92. The first-order chi connectivity index (χ1) is 15.2. The Morgan fingerprint density at radius 2 is 1.65 bits per heavy atom. The topological polar surface area (TPSA) is 80.3 Å². The predicted molar refractivity (Wildman–Crippen MR) is 124 cm³/mol. The van der Waals surface area contributed by atoms with Gasteiger partial charge in [0.2, 0.25) is 5.91 Å². The van der Waals surface area contributed by atoms with Gasteiger partial charge in [-0.2, -0.15) is 0 Å². The van der Waals surface area contributed by atoms with Crippen LogP contribution in [0.4, 0.5) is 10.8 Å². The standard InChI is InChI=1S/C23H19N3O3S2/c27-21(24-16-8-11-19(12-9-16)29-18-5-2-1-3-6-18)13-10-17-15-31-23(25-17)26-22(28)20-7-4-14-30-20/h1-9,11-12,14-15H,10,13H2,(H,24,27)(H,25,26,28). The molecule has 2 amide bonds. The summed E-state index contributed by atoms with van der Waals surface area (Å²) < 4.78 is 5.75. The first-order valence-corrected chi connectivity index (χ1v) is 11.3. The van der Waals surface area contributed by atoms with E-state index < -0.39 is 0 Å². The molecular weight excluding hydrogens is 430 g/mol. The first-order valence-electron chi connectivity index (χ1n) is 9.58. The number of hydrogen-bond donors (Lipinski definition) is 2. The lowest BCUT2D eigenvalue weighted by Crippen LogP contribution is -2.12. The number of rotatable bonds is 8. The Hall–Kier alpha value is -3.49. The number of para-hydroxylation sites is 1. The zero-order valence-electron chi connectivity index (χ0n) is 16.4. The molecule has 0 atom stereocenters. The number of ether oxygens (including phenoxy) is 1. The van der Waals surface area contributed by atoms with E-state index in [0.717, 1.165) is 11.4 Å². The fourth-order valence-corrected chi connectivity index (χ4v) is 4.10. The highest BCUT2D eigenvalue weighted by molar-refractivity contribution is 7.14. The predicted octanol–water partition coefficient (Wildman–Crippen LogP) is 5.82. The van der Waals surface area contributed by atoms with Crippen LogP contribution in [0.3, 0.4) is 0 Å². The van der Waals surface area contributed by atoms with Crippen LogP contribution in [0.1, 0.15) is 21.8 Å². The fourth-order valence-electron chi connectivity index (χ4n) is 2.74. The molecule has 0 aliphatic rings. The number of aromatic nitrogens is 1. The highest BCUT2D eigenvalue weighted by Gasteiger charge is 2.11. The van der Waals surface area contributed by atoms with E-state index in [9.17, 15) is 9.59 Å². The van der Waals surface area contributed by atoms with Gasteiger partial charge >= 0.3 is 0 Å². The summed E-state index contributed by atoms with van der Waals surface area (Å²) in [6.07, 6.45) is 0.788. The number of amides is 2. The quantitative estimate of drug-likeness (QED) is 0.355. The Kier molecular flexibility index (Phi) is 6.71. The van der Waals surface area contributed by atoms with Crippen molar-refractivity contribution in [1.29, 1.82) is 0 Å². The molecule has 0 radical (unpaired) electrons. The molecule has 4 rings (SSSR count). The third kappa shape index (κ3) is 6.00.